The number of morpholine rings is 1. The van der Waals surface area contributed by atoms with Crippen molar-refractivity contribution in [3.05, 3.63) is 45.0 Å². The Labute approximate surface area is 168 Å². The molecule has 28 heavy (non-hydrogen) atoms. The van der Waals surface area contributed by atoms with Gasteiger partial charge in [-0.05, 0) is 42.9 Å². The maximum absolute atomic E-state index is 12.2. The van der Waals surface area contributed by atoms with Gasteiger partial charge in [0, 0.05) is 32.4 Å². The fourth-order valence-corrected chi connectivity index (χ4v) is 3.28. The highest BCUT2D eigenvalue weighted by molar-refractivity contribution is 7.71. The van der Waals surface area contributed by atoms with E-state index < -0.39 is 5.56 Å². The molecule has 1 aliphatic rings. The average molecular weight is 404 g/mol. The zero-order valence-electron chi connectivity index (χ0n) is 15.8. The zero-order chi connectivity index (χ0) is 19.9. The molecule has 2 heterocycles. The lowest BCUT2D eigenvalue weighted by atomic mass is 10.2. The number of nitrogens with one attached hydrogen (secondary N) is 1. The lowest BCUT2D eigenvalue weighted by Crippen LogP contribution is -2.37. The van der Waals surface area contributed by atoms with E-state index in [1.165, 1.54) is 10.8 Å². The van der Waals surface area contributed by atoms with Gasteiger partial charge < -0.3 is 14.6 Å². The van der Waals surface area contributed by atoms with Crippen LogP contribution in [0.25, 0.3) is 5.69 Å². The van der Waals surface area contributed by atoms with E-state index in [2.05, 4.69) is 14.9 Å². The molecule has 1 aliphatic heterocycles. The molecule has 8 nitrogen and oxygen atoms in total. The Bertz CT molecular complexity index is 930. The number of aromatic amines is 1. The molecule has 150 valence electrons. The fraction of sp³-hybridized carbons (Fsp3) is 0.421. The van der Waals surface area contributed by atoms with Crippen molar-refractivity contribution in [2.45, 2.75) is 6.42 Å². The molecule has 0 spiro atoms. The van der Waals surface area contributed by atoms with Crippen molar-refractivity contribution in [3.8, 4) is 17.3 Å². The van der Waals surface area contributed by atoms with Gasteiger partial charge in [0.25, 0.3) is 5.56 Å². The van der Waals surface area contributed by atoms with Crippen LogP contribution in [0.1, 0.15) is 12.0 Å². The number of aromatic nitrogens is 2. The fourth-order valence-electron chi connectivity index (χ4n) is 2.99. The molecule has 1 aromatic heterocycles. The van der Waals surface area contributed by atoms with Gasteiger partial charge in [-0.1, -0.05) is 0 Å². The van der Waals surface area contributed by atoms with Crippen molar-refractivity contribution in [3.63, 3.8) is 0 Å². The van der Waals surface area contributed by atoms with Gasteiger partial charge in [-0.25, -0.2) is 0 Å². The smallest absolute Gasteiger partial charge is 0.264 e. The summed E-state index contributed by atoms with van der Waals surface area (Å²) < 4.78 is 12.0. The van der Waals surface area contributed by atoms with Crippen LogP contribution in [0.2, 0.25) is 0 Å². The molecular weight excluding hydrogens is 380 g/mol. The number of aliphatic imine (C=N–C) groups is 1. The number of hydrogen-bond donors (Lipinski definition) is 2. The number of methoxy groups -OCH3 is 1. The second kappa shape index (κ2) is 9.63. The summed E-state index contributed by atoms with van der Waals surface area (Å²) in [5.41, 5.74) is 0.224. The Hall–Kier alpha value is -2.49. The Kier molecular flexibility index (Phi) is 6.96. The monoisotopic (exact) mass is 404 g/mol. The normalized spacial score (nSPS) is 15.2. The summed E-state index contributed by atoms with van der Waals surface area (Å²) in [5.74, 6) is 0.442. The summed E-state index contributed by atoms with van der Waals surface area (Å²) in [4.78, 5) is 21.4. The van der Waals surface area contributed by atoms with E-state index in [0.717, 1.165) is 39.3 Å². The summed E-state index contributed by atoms with van der Waals surface area (Å²) in [6.07, 6.45) is 2.27. The number of nitrogens with zero attached hydrogens (tertiary/aromatic N) is 3. The maximum atomic E-state index is 12.2. The molecule has 1 saturated heterocycles. The minimum absolute atomic E-state index is 0.0794. The molecule has 0 bridgehead atoms. The van der Waals surface area contributed by atoms with E-state index in [9.17, 15) is 9.90 Å². The van der Waals surface area contributed by atoms with Crippen molar-refractivity contribution < 1.29 is 14.6 Å². The second-order valence-corrected chi connectivity index (χ2v) is 6.76. The summed E-state index contributed by atoms with van der Waals surface area (Å²) in [7, 11) is 1.58. The molecular formula is C19H24N4O4S. The van der Waals surface area contributed by atoms with Gasteiger partial charge in [0.05, 0.1) is 26.0 Å². The first-order chi connectivity index (χ1) is 13.6. The first kappa shape index (κ1) is 20.2. The molecule has 0 amide bonds. The lowest BCUT2D eigenvalue weighted by Gasteiger charge is -2.26. The van der Waals surface area contributed by atoms with Crippen LogP contribution < -0.4 is 10.3 Å². The standard InChI is InChI=1S/C19H24N4O4S/c1-26-15-5-3-14(4-6-15)23-18(25)16(17(24)21-19(23)28)13-20-7-2-8-22-9-11-27-12-10-22/h3-6,13,25H,2,7-12H2,1H3,(H,21,24,28). The predicted molar refractivity (Wildman–Crippen MR) is 110 cm³/mol. The minimum atomic E-state index is -0.468. The molecule has 0 atom stereocenters. The molecule has 0 unspecified atom stereocenters. The van der Waals surface area contributed by atoms with Gasteiger partial charge in [0.15, 0.2) is 4.77 Å². The summed E-state index contributed by atoms with van der Waals surface area (Å²) in [6.45, 7) is 4.91. The topological polar surface area (TPSA) is 92.1 Å². The first-order valence-corrected chi connectivity index (χ1v) is 9.53. The quantitative estimate of drug-likeness (QED) is 0.415. The van der Waals surface area contributed by atoms with Crippen LogP contribution in [0.3, 0.4) is 0 Å². The average Bonchev–Trinajstić information content (AvgIpc) is 2.71. The number of benzene rings is 1. The van der Waals surface area contributed by atoms with Crippen LogP contribution in [0.15, 0.2) is 34.1 Å². The van der Waals surface area contributed by atoms with E-state index in [1.807, 2.05) is 0 Å². The van der Waals surface area contributed by atoms with Crippen LogP contribution in [0.5, 0.6) is 11.6 Å². The number of hydrogen-bond acceptors (Lipinski definition) is 7. The van der Waals surface area contributed by atoms with Gasteiger partial charge in [0.1, 0.15) is 11.3 Å². The molecule has 1 aromatic carbocycles. The lowest BCUT2D eigenvalue weighted by molar-refractivity contribution is 0.0377. The molecule has 3 rings (SSSR count). The highest BCUT2D eigenvalue weighted by atomic mass is 32.1. The Morgan fingerprint density at radius 2 is 2.04 bits per heavy atom. The molecule has 0 saturated carbocycles. The van der Waals surface area contributed by atoms with E-state index in [4.69, 9.17) is 21.7 Å². The summed E-state index contributed by atoms with van der Waals surface area (Å²) in [6, 6.07) is 6.99. The maximum Gasteiger partial charge on any atom is 0.264 e. The van der Waals surface area contributed by atoms with Crippen molar-refractivity contribution in [2.75, 3.05) is 46.5 Å². The highest BCUT2D eigenvalue weighted by Gasteiger charge is 2.13. The van der Waals surface area contributed by atoms with E-state index in [0.29, 0.717) is 18.0 Å². The SMILES string of the molecule is COc1ccc(-n2c(O)c(C=NCCCN3CCOCC3)c(=O)[nH]c2=S)cc1. The molecule has 1 fully saturated rings. The number of aromatic hydroxyl groups is 1. The third kappa shape index (κ3) is 4.86. The second-order valence-electron chi connectivity index (χ2n) is 6.37. The Morgan fingerprint density at radius 3 is 2.71 bits per heavy atom. The van der Waals surface area contributed by atoms with Gasteiger partial charge in [-0.3, -0.25) is 24.2 Å². The van der Waals surface area contributed by atoms with Crippen LogP contribution in [0.4, 0.5) is 0 Å². The Balaban J connectivity index is 1.73. The number of H-pyrrole nitrogens is 1. The van der Waals surface area contributed by atoms with Crippen LogP contribution in [0, 0.1) is 4.77 Å². The summed E-state index contributed by atoms with van der Waals surface area (Å²) in [5, 5.41) is 10.6. The highest BCUT2D eigenvalue weighted by Crippen LogP contribution is 2.21. The molecule has 9 heteroatoms. The van der Waals surface area contributed by atoms with Crippen molar-refractivity contribution in [1.82, 2.24) is 14.5 Å². The largest absolute Gasteiger partial charge is 0.497 e. The van der Waals surface area contributed by atoms with Gasteiger partial charge >= 0.3 is 0 Å². The van der Waals surface area contributed by atoms with Gasteiger partial charge in [0.2, 0.25) is 5.88 Å². The zero-order valence-corrected chi connectivity index (χ0v) is 16.6. The van der Waals surface area contributed by atoms with E-state index >= 15 is 0 Å². The third-order valence-corrected chi connectivity index (χ3v) is 4.82. The van der Waals surface area contributed by atoms with Crippen molar-refractivity contribution in [1.29, 1.82) is 0 Å². The van der Waals surface area contributed by atoms with Gasteiger partial charge in [-0.15, -0.1) is 0 Å². The number of ether oxygens (including phenoxy) is 2. The van der Waals surface area contributed by atoms with Crippen molar-refractivity contribution >= 4 is 18.4 Å². The van der Waals surface area contributed by atoms with Gasteiger partial charge in [-0.2, -0.15) is 0 Å². The third-order valence-electron chi connectivity index (χ3n) is 4.54. The number of rotatable bonds is 7. The van der Waals surface area contributed by atoms with Crippen LogP contribution in [-0.4, -0.2) is 72.3 Å². The molecule has 2 aromatic rings. The minimum Gasteiger partial charge on any atom is -0.497 e. The molecule has 0 aliphatic carbocycles. The Morgan fingerprint density at radius 1 is 1.32 bits per heavy atom. The molecule has 2 N–H and O–H groups in total. The summed E-state index contributed by atoms with van der Waals surface area (Å²) >= 11 is 5.21. The predicted octanol–water partition coefficient (Wildman–Crippen LogP) is 1.75. The molecule has 0 radical (unpaired) electrons. The van der Waals surface area contributed by atoms with Crippen LogP contribution in [-0.2, 0) is 4.74 Å². The van der Waals surface area contributed by atoms with E-state index in [1.54, 1.807) is 31.4 Å². The first-order valence-electron chi connectivity index (χ1n) is 9.13. The van der Waals surface area contributed by atoms with E-state index in [-0.39, 0.29) is 16.2 Å². The van der Waals surface area contributed by atoms with Crippen molar-refractivity contribution in [2.24, 2.45) is 4.99 Å². The van der Waals surface area contributed by atoms with Crippen LogP contribution >= 0.6 is 12.2 Å².